The highest BCUT2D eigenvalue weighted by molar-refractivity contribution is 7.18. The Balaban J connectivity index is 1.82. The number of nitrogens with one attached hydrogen (secondary N) is 1. The molecule has 0 bridgehead atoms. The van der Waals surface area contributed by atoms with E-state index < -0.39 is 0 Å². The van der Waals surface area contributed by atoms with Crippen LogP contribution in [-0.2, 0) is 19.4 Å². The summed E-state index contributed by atoms with van der Waals surface area (Å²) in [6.45, 7) is 0.260. The number of hydrogen-bond donors (Lipinski definition) is 1. The normalized spacial score (nSPS) is 14.6. The van der Waals surface area contributed by atoms with Crippen molar-refractivity contribution in [1.82, 2.24) is 19.5 Å². The second-order valence-corrected chi connectivity index (χ2v) is 6.91. The molecule has 4 rings (SSSR count). The molecule has 118 valence electrons. The molecule has 0 aliphatic heterocycles. The summed E-state index contributed by atoms with van der Waals surface area (Å²) in [7, 11) is 0. The number of H-pyrrole nitrogens is 1. The Morgan fingerprint density at radius 3 is 2.91 bits per heavy atom. The van der Waals surface area contributed by atoms with Crippen LogP contribution in [0.4, 0.5) is 0 Å². The number of hydrogen-bond acceptors (Lipinski definition) is 5. The van der Waals surface area contributed by atoms with Gasteiger partial charge in [0.15, 0.2) is 0 Å². The first-order valence-corrected chi connectivity index (χ1v) is 8.57. The lowest BCUT2D eigenvalue weighted by atomic mass is 10.1. The van der Waals surface area contributed by atoms with Crippen molar-refractivity contribution in [3.63, 3.8) is 0 Å². The van der Waals surface area contributed by atoms with Gasteiger partial charge in [-0.15, -0.1) is 11.3 Å². The molecule has 0 amide bonds. The van der Waals surface area contributed by atoms with E-state index in [-0.39, 0.29) is 17.7 Å². The van der Waals surface area contributed by atoms with Crippen LogP contribution in [0.5, 0.6) is 0 Å². The van der Waals surface area contributed by atoms with Gasteiger partial charge < -0.3 is 4.98 Å². The van der Waals surface area contributed by atoms with Crippen LogP contribution in [0, 0.1) is 0 Å². The number of nitrogens with zero attached hydrogens (tertiary/aromatic N) is 3. The predicted molar refractivity (Wildman–Crippen MR) is 89.1 cm³/mol. The molecule has 23 heavy (non-hydrogen) atoms. The Hall–Kier alpha value is -2.28. The number of aromatic nitrogens is 4. The Bertz CT molecular complexity index is 986. The number of fused-ring (bicyclic) bond motifs is 3. The molecule has 6 nitrogen and oxygen atoms in total. The van der Waals surface area contributed by atoms with Crippen LogP contribution in [0.1, 0.15) is 35.4 Å². The van der Waals surface area contributed by atoms with E-state index in [1.807, 2.05) is 0 Å². The number of aryl methyl sites for hydroxylation is 2. The van der Waals surface area contributed by atoms with E-state index >= 15 is 0 Å². The summed E-state index contributed by atoms with van der Waals surface area (Å²) < 4.78 is 1.54. The van der Waals surface area contributed by atoms with Crippen LogP contribution in [0.2, 0.25) is 0 Å². The van der Waals surface area contributed by atoms with Gasteiger partial charge in [-0.1, -0.05) is 6.42 Å². The zero-order chi connectivity index (χ0) is 15.8. The summed E-state index contributed by atoms with van der Waals surface area (Å²) in [6, 6.07) is 1.41. The molecule has 1 N–H and O–H groups in total. The van der Waals surface area contributed by atoms with E-state index in [1.54, 1.807) is 22.2 Å². The molecule has 0 saturated heterocycles. The maximum absolute atomic E-state index is 12.9. The SMILES string of the molecule is O=c1cc(Cn2cnc3sc4c(c3c2=O)CCCCC4)nc[nH]1. The van der Waals surface area contributed by atoms with Gasteiger partial charge in [0.1, 0.15) is 4.83 Å². The van der Waals surface area contributed by atoms with Crippen molar-refractivity contribution in [2.75, 3.05) is 0 Å². The Kier molecular flexibility index (Phi) is 3.57. The van der Waals surface area contributed by atoms with Gasteiger partial charge in [-0.05, 0) is 31.2 Å². The van der Waals surface area contributed by atoms with E-state index in [0.717, 1.165) is 29.5 Å². The smallest absolute Gasteiger partial charge is 0.262 e. The monoisotopic (exact) mass is 328 g/mol. The van der Waals surface area contributed by atoms with Gasteiger partial charge in [-0.3, -0.25) is 14.2 Å². The Labute approximate surface area is 135 Å². The fraction of sp³-hybridized carbons (Fsp3) is 0.375. The lowest BCUT2D eigenvalue weighted by Gasteiger charge is -2.05. The van der Waals surface area contributed by atoms with Crippen LogP contribution < -0.4 is 11.1 Å². The number of thiophene rings is 1. The van der Waals surface area contributed by atoms with E-state index in [2.05, 4.69) is 15.0 Å². The average molecular weight is 328 g/mol. The highest BCUT2D eigenvalue weighted by atomic mass is 32.1. The van der Waals surface area contributed by atoms with Crippen molar-refractivity contribution in [2.45, 2.75) is 38.6 Å². The molecule has 3 aromatic rings. The van der Waals surface area contributed by atoms with E-state index in [4.69, 9.17) is 0 Å². The fourth-order valence-corrected chi connectivity index (χ4v) is 4.36. The zero-order valence-electron chi connectivity index (χ0n) is 12.5. The molecule has 0 unspecified atom stereocenters. The predicted octanol–water partition coefficient (Wildman–Crippen LogP) is 1.86. The van der Waals surface area contributed by atoms with E-state index in [9.17, 15) is 9.59 Å². The molecule has 1 aliphatic rings. The summed E-state index contributed by atoms with van der Waals surface area (Å²) in [6.07, 6.45) is 8.45. The lowest BCUT2D eigenvalue weighted by molar-refractivity contribution is 0.710. The third-order valence-corrected chi connectivity index (χ3v) is 5.46. The fourth-order valence-electron chi connectivity index (χ4n) is 3.14. The van der Waals surface area contributed by atoms with E-state index in [1.165, 1.54) is 35.7 Å². The van der Waals surface area contributed by atoms with Crippen LogP contribution >= 0.6 is 11.3 Å². The molecular weight excluding hydrogens is 312 g/mol. The third-order valence-electron chi connectivity index (χ3n) is 4.26. The second-order valence-electron chi connectivity index (χ2n) is 5.82. The van der Waals surface area contributed by atoms with Crippen molar-refractivity contribution >= 4 is 21.6 Å². The Morgan fingerprint density at radius 1 is 1.17 bits per heavy atom. The maximum atomic E-state index is 12.9. The highest BCUT2D eigenvalue weighted by Gasteiger charge is 2.19. The van der Waals surface area contributed by atoms with Crippen molar-refractivity contribution in [2.24, 2.45) is 0 Å². The van der Waals surface area contributed by atoms with Gasteiger partial charge in [0, 0.05) is 10.9 Å². The summed E-state index contributed by atoms with van der Waals surface area (Å²) in [5, 5.41) is 0.763. The maximum Gasteiger partial charge on any atom is 0.262 e. The molecule has 1 aliphatic carbocycles. The second kappa shape index (κ2) is 5.73. The first kappa shape index (κ1) is 14.3. The van der Waals surface area contributed by atoms with Crippen molar-refractivity contribution in [3.05, 3.63) is 55.6 Å². The molecule has 0 aromatic carbocycles. The minimum Gasteiger partial charge on any atom is -0.313 e. The van der Waals surface area contributed by atoms with Crippen LogP contribution in [0.3, 0.4) is 0 Å². The standard InChI is InChI=1S/C16H16N4O2S/c21-13-6-10(17-8-18-13)7-20-9-19-15-14(16(20)22)11-4-2-1-3-5-12(11)23-15/h6,8-9H,1-5,7H2,(H,17,18,21). The van der Waals surface area contributed by atoms with Gasteiger partial charge in [-0.2, -0.15) is 0 Å². The molecule has 3 heterocycles. The molecule has 0 radical (unpaired) electrons. The van der Waals surface area contributed by atoms with Crippen LogP contribution in [-0.4, -0.2) is 19.5 Å². The summed E-state index contributed by atoms with van der Waals surface area (Å²) >= 11 is 1.65. The van der Waals surface area contributed by atoms with Gasteiger partial charge in [0.25, 0.3) is 11.1 Å². The van der Waals surface area contributed by atoms with Gasteiger partial charge in [-0.25, -0.2) is 9.97 Å². The quantitative estimate of drug-likeness (QED) is 0.728. The van der Waals surface area contributed by atoms with Crippen LogP contribution in [0.25, 0.3) is 10.2 Å². The van der Waals surface area contributed by atoms with Gasteiger partial charge in [0.2, 0.25) is 0 Å². The molecule has 0 saturated carbocycles. The molecule has 0 fully saturated rings. The number of aromatic amines is 1. The summed E-state index contributed by atoms with van der Waals surface area (Å²) in [5.74, 6) is 0. The highest BCUT2D eigenvalue weighted by Crippen LogP contribution is 2.32. The molecule has 0 spiro atoms. The van der Waals surface area contributed by atoms with Gasteiger partial charge >= 0.3 is 0 Å². The minimum atomic E-state index is -0.221. The lowest BCUT2D eigenvalue weighted by Crippen LogP contribution is -2.22. The third kappa shape index (κ3) is 2.61. The average Bonchev–Trinajstić information content (AvgIpc) is 2.73. The van der Waals surface area contributed by atoms with E-state index in [0.29, 0.717) is 5.69 Å². The van der Waals surface area contributed by atoms with Crippen molar-refractivity contribution < 1.29 is 0 Å². The molecule has 3 aromatic heterocycles. The van der Waals surface area contributed by atoms with Gasteiger partial charge in [0.05, 0.1) is 30.3 Å². The topological polar surface area (TPSA) is 80.6 Å². The largest absolute Gasteiger partial charge is 0.313 e. The van der Waals surface area contributed by atoms with Crippen molar-refractivity contribution in [1.29, 1.82) is 0 Å². The Morgan fingerprint density at radius 2 is 2.04 bits per heavy atom. The summed E-state index contributed by atoms with van der Waals surface area (Å²) in [5.41, 5.74) is 1.49. The first-order chi connectivity index (χ1) is 11.2. The number of rotatable bonds is 2. The van der Waals surface area contributed by atoms with Crippen molar-refractivity contribution in [3.8, 4) is 0 Å². The van der Waals surface area contributed by atoms with Crippen LogP contribution in [0.15, 0.2) is 28.3 Å². The minimum absolute atomic E-state index is 0.0310. The first-order valence-electron chi connectivity index (χ1n) is 7.75. The molecule has 0 atom stereocenters. The molecule has 7 heteroatoms. The zero-order valence-corrected chi connectivity index (χ0v) is 13.4. The molecular formula is C16H16N4O2S. The summed E-state index contributed by atoms with van der Waals surface area (Å²) in [4.78, 5) is 37.4.